The van der Waals surface area contributed by atoms with Crippen molar-refractivity contribution in [3.8, 4) is 0 Å². The van der Waals surface area contributed by atoms with E-state index in [0.717, 1.165) is 13.0 Å². The van der Waals surface area contributed by atoms with Gasteiger partial charge in [-0.1, -0.05) is 39.0 Å². The minimum atomic E-state index is 0.196. The second-order valence-electron chi connectivity index (χ2n) is 4.63. The third-order valence-corrected chi connectivity index (χ3v) is 3.27. The lowest BCUT2D eigenvalue weighted by molar-refractivity contribution is -0.123. The molecule has 0 aromatic heterocycles. The van der Waals surface area contributed by atoms with Crippen molar-refractivity contribution in [2.24, 2.45) is 11.8 Å². The lowest BCUT2D eigenvalue weighted by Gasteiger charge is -2.22. The molecule has 1 aliphatic carbocycles. The Kier molecular flexibility index (Phi) is 5.16. The van der Waals surface area contributed by atoms with Crippen molar-refractivity contribution in [3.05, 3.63) is 0 Å². The maximum Gasteiger partial charge on any atom is 0.137 e. The Morgan fingerprint density at radius 2 is 2.00 bits per heavy atom. The van der Waals surface area contributed by atoms with Gasteiger partial charge in [0, 0.05) is 18.9 Å². The van der Waals surface area contributed by atoms with Crippen LogP contribution in [0.4, 0.5) is 0 Å². The third-order valence-electron chi connectivity index (χ3n) is 3.27. The number of rotatable bonds is 5. The molecule has 1 unspecified atom stereocenters. The summed E-state index contributed by atoms with van der Waals surface area (Å²) in [7, 11) is 1.91. The molecule has 1 fully saturated rings. The quantitative estimate of drug-likeness (QED) is 0.733. The maximum atomic E-state index is 11.8. The smallest absolute Gasteiger partial charge is 0.137 e. The summed E-state index contributed by atoms with van der Waals surface area (Å²) in [5, 5.41) is 3.06. The number of nitrogens with one attached hydrogen (secondary N) is 1. The van der Waals surface area contributed by atoms with E-state index in [2.05, 4.69) is 5.32 Å². The summed E-state index contributed by atoms with van der Waals surface area (Å²) in [5.74, 6) is 1.34. The Morgan fingerprint density at radius 1 is 1.36 bits per heavy atom. The van der Waals surface area contributed by atoms with E-state index in [4.69, 9.17) is 0 Å². The van der Waals surface area contributed by atoms with Crippen molar-refractivity contribution in [2.75, 3.05) is 13.6 Å². The number of ketones is 1. The maximum absolute atomic E-state index is 11.8. The predicted octanol–water partition coefficient (Wildman–Crippen LogP) is 2.38. The van der Waals surface area contributed by atoms with Crippen LogP contribution in [0.15, 0.2) is 0 Å². The van der Waals surface area contributed by atoms with Crippen LogP contribution in [0.2, 0.25) is 0 Å². The van der Waals surface area contributed by atoms with Crippen molar-refractivity contribution in [1.82, 2.24) is 5.32 Å². The summed E-state index contributed by atoms with van der Waals surface area (Å²) in [5.41, 5.74) is 0. The average molecular weight is 197 g/mol. The molecule has 1 atom stereocenters. The topological polar surface area (TPSA) is 29.1 Å². The summed E-state index contributed by atoms with van der Waals surface area (Å²) in [6.45, 7) is 2.85. The van der Waals surface area contributed by atoms with Gasteiger partial charge in [0.25, 0.3) is 0 Å². The molecule has 2 nitrogen and oxygen atoms in total. The molecule has 0 spiro atoms. The Morgan fingerprint density at radius 3 is 2.57 bits per heavy atom. The normalized spacial score (nSPS) is 20.7. The van der Waals surface area contributed by atoms with Gasteiger partial charge in [-0.2, -0.15) is 0 Å². The standard InChI is InChI=1S/C12H23NO/c1-10(9-13-2)12(14)8-11-6-4-3-5-7-11/h10-11,13H,3-9H2,1-2H3. The van der Waals surface area contributed by atoms with Gasteiger partial charge in [0.05, 0.1) is 0 Å². The summed E-state index contributed by atoms with van der Waals surface area (Å²) in [4.78, 5) is 11.8. The minimum Gasteiger partial charge on any atom is -0.319 e. The molecule has 2 heteroatoms. The van der Waals surface area contributed by atoms with Gasteiger partial charge in [-0.05, 0) is 13.0 Å². The molecule has 0 heterocycles. The highest BCUT2D eigenvalue weighted by Crippen LogP contribution is 2.27. The summed E-state index contributed by atoms with van der Waals surface area (Å²) < 4.78 is 0. The van der Waals surface area contributed by atoms with Crippen molar-refractivity contribution in [2.45, 2.75) is 45.4 Å². The molecular weight excluding hydrogens is 174 g/mol. The molecule has 82 valence electrons. The molecule has 0 saturated heterocycles. The first kappa shape index (κ1) is 11.7. The van der Waals surface area contributed by atoms with Gasteiger partial charge in [-0.3, -0.25) is 4.79 Å². The molecule has 0 amide bonds. The van der Waals surface area contributed by atoms with Gasteiger partial charge in [0.2, 0.25) is 0 Å². The fraction of sp³-hybridized carbons (Fsp3) is 0.917. The van der Waals surface area contributed by atoms with E-state index in [-0.39, 0.29) is 5.92 Å². The van der Waals surface area contributed by atoms with Crippen LogP contribution in [-0.2, 0) is 4.79 Å². The number of Topliss-reactive ketones (excluding diaryl/α,β-unsaturated/α-hetero) is 1. The van der Waals surface area contributed by atoms with Gasteiger partial charge in [0.1, 0.15) is 5.78 Å². The molecule has 1 saturated carbocycles. The number of hydrogen-bond donors (Lipinski definition) is 1. The first-order valence-electron chi connectivity index (χ1n) is 5.91. The highest BCUT2D eigenvalue weighted by atomic mass is 16.1. The summed E-state index contributed by atoms with van der Waals surface area (Å²) >= 11 is 0. The zero-order valence-corrected chi connectivity index (χ0v) is 9.51. The van der Waals surface area contributed by atoms with E-state index in [1.807, 2.05) is 14.0 Å². The molecule has 0 bridgehead atoms. The summed E-state index contributed by atoms with van der Waals surface area (Å²) in [6, 6.07) is 0. The monoisotopic (exact) mass is 197 g/mol. The van der Waals surface area contributed by atoms with Crippen molar-refractivity contribution in [1.29, 1.82) is 0 Å². The molecule has 1 rings (SSSR count). The van der Waals surface area contributed by atoms with Crippen LogP contribution in [0.5, 0.6) is 0 Å². The SMILES string of the molecule is CNCC(C)C(=O)CC1CCCCC1. The first-order chi connectivity index (χ1) is 6.74. The Labute approximate surface area is 87.5 Å². The molecule has 0 aromatic carbocycles. The van der Waals surface area contributed by atoms with Crippen LogP contribution in [-0.4, -0.2) is 19.4 Å². The second kappa shape index (κ2) is 6.18. The van der Waals surface area contributed by atoms with Gasteiger partial charge in [-0.15, -0.1) is 0 Å². The highest BCUT2D eigenvalue weighted by Gasteiger charge is 2.19. The average Bonchev–Trinajstić information content (AvgIpc) is 2.19. The minimum absolute atomic E-state index is 0.196. The van der Waals surface area contributed by atoms with Crippen molar-refractivity contribution < 1.29 is 4.79 Å². The Bertz CT molecular complexity index is 173. The van der Waals surface area contributed by atoms with E-state index in [1.165, 1.54) is 32.1 Å². The Hall–Kier alpha value is -0.370. The molecule has 1 N–H and O–H groups in total. The van der Waals surface area contributed by atoms with Crippen molar-refractivity contribution >= 4 is 5.78 Å². The van der Waals surface area contributed by atoms with E-state index >= 15 is 0 Å². The zero-order chi connectivity index (χ0) is 10.4. The fourth-order valence-electron chi connectivity index (χ4n) is 2.30. The van der Waals surface area contributed by atoms with E-state index in [0.29, 0.717) is 11.7 Å². The van der Waals surface area contributed by atoms with E-state index < -0.39 is 0 Å². The van der Waals surface area contributed by atoms with Crippen LogP contribution in [0.3, 0.4) is 0 Å². The Balaban J connectivity index is 2.24. The number of carbonyl (C=O) groups excluding carboxylic acids is 1. The fourth-order valence-corrected chi connectivity index (χ4v) is 2.30. The molecule has 0 radical (unpaired) electrons. The third kappa shape index (κ3) is 3.79. The zero-order valence-electron chi connectivity index (χ0n) is 9.51. The van der Waals surface area contributed by atoms with E-state index in [1.54, 1.807) is 0 Å². The van der Waals surface area contributed by atoms with Gasteiger partial charge >= 0.3 is 0 Å². The number of hydrogen-bond acceptors (Lipinski definition) is 2. The van der Waals surface area contributed by atoms with Gasteiger partial charge < -0.3 is 5.32 Å². The first-order valence-corrected chi connectivity index (χ1v) is 5.91. The number of carbonyl (C=O) groups is 1. The molecule has 1 aliphatic rings. The predicted molar refractivity (Wildman–Crippen MR) is 59.3 cm³/mol. The summed E-state index contributed by atoms with van der Waals surface area (Å²) in [6.07, 6.45) is 7.41. The lowest BCUT2D eigenvalue weighted by Crippen LogP contribution is -2.25. The molecule has 0 aromatic rings. The van der Waals surface area contributed by atoms with Crippen LogP contribution < -0.4 is 5.32 Å². The van der Waals surface area contributed by atoms with Crippen molar-refractivity contribution in [3.63, 3.8) is 0 Å². The van der Waals surface area contributed by atoms with Crippen LogP contribution in [0.25, 0.3) is 0 Å². The molecule has 14 heavy (non-hydrogen) atoms. The van der Waals surface area contributed by atoms with E-state index in [9.17, 15) is 4.79 Å². The molecule has 0 aliphatic heterocycles. The highest BCUT2D eigenvalue weighted by molar-refractivity contribution is 5.81. The molecular formula is C12H23NO. The second-order valence-corrected chi connectivity index (χ2v) is 4.63. The van der Waals surface area contributed by atoms with Gasteiger partial charge in [0.15, 0.2) is 0 Å². The van der Waals surface area contributed by atoms with Crippen LogP contribution >= 0.6 is 0 Å². The van der Waals surface area contributed by atoms with Crippen LogP contribution in [0.1, 0.15) is 45.4 Å². The lowest BCUT2D eigenvalue weighted by atomic mass is 9.84. The van der Waals surface area contributed by atoms with Crippen LogP contribution in [0, 0.1) is 11.8 Å². The largest absolute Gasteiger partial charge is 0.319 e. The van der Waals surface area contributed by atoms with Gasteiger partial charge in [-0.25, -0.2) is 0 Å².